The van der Waals surface area contributed by atoms with Crippen molar-refractivity contribution >= 4 is 16.1 Å². The molecule has 0 aromatic carbocycles. The van der Waals surface area contributed by atoms with Gasteiger partial charge in [-0.15, -0.1) is 0 Å². The van der Waals surface area contributed by atoms with Gasteiger partial charge in [0, 0.05) is 0 Å². The van der Waals surface area contributed by atoms with Crippen molar-refractivity contribution in [2.24, 2.45) is 5.92 Å². The first-order valence-corrected chi connectivity index (χ1v) is 7.72. The van der Waals surface area contributed by atoms with Crippen molar-refractivity contribution in [1.82, 2.24) is 0 Å². The van der Waals surface area contributed by atoms with Crippen molar-refractivity contribution in [3.63, 3.8) is 0 Å². The molecule has 0 fully saturated rings. The Morgan fingerprint density at radius 3 is 2.00 bits per heavy atom. The Kier molecular flexibility index (Phi) is 5.41. The Bertz CT molecular complexity index is 563. The monoisotopic (exact) mass is 369 g/mol. The van der Waals surface area contributed by atoms with Crippen LogP contribution in [-0.2, 0) is 19.6 Å². The highest BCUT2D eigenvalue weighted by molar-refractivity contribution is 7.85. The van der Waals surface area contributed by atoms with Gasteiger partial charge in [-0.25, -0.2) is 8.42 Å². The number of halogens is 6. The second-order valence-electron chi connectivity index (χ2n) is 4.93. The Morgan fingerprint density at radius 2 is 1.65 bits per heavy atom. The molecule has 0 spiro atoms. The van der Waals surface area contributed by atoms with Crippen LogP contribution in [0, 0.1) is 5.92 Å². The van der Waals surface area contributed by atoms with E-state index in [0.717, 1.165) is 0 Å². The van der Waals surface area contributed by atoms with Gasteiger partial charge < -0.3 is 9.29 Å². The zero-order chi connectivity index (χ0) is 18.1. The molecule has 0 amide bonds. The number of allylic oxidation sites excluding steroid dienone is 2. The SMILES string of the molecule is O=C(OC(CS(=O)(=O)[O-])(C(F)(F)F)C(F)(F)F)C1CC=CCC1. The van der Waals surface area contributed by atoms with Crippen LogP contribution in [0.15, 0.2) is 12.2 Å². The van der Waals surface area contributed by atoms with E-state index in [1.807, 2.05) is 0 Å². The number of esters is 1. The second kappa shape index (κ2) is 6.30. The quantitative estimate of drug-likeness (QED) is 0.329. The molecule has 0 aromatic heterocycles. The molecule has 12 heteroatoms. The van der Waals surface area contributed by atoms with Crippen molar-refractivity contribution in [1.29, 1.82) is 0 Å². The lowest BCUT2D eigenvalue weighted by atomic mass is 9.94. The van der Waals surface area contributed by atoms with Crippen molar-refractivity contribution in [2.45, 2.75) is 37.2 Å². The summed E-state index contributed by atoms with van der Waals surface area (Å²) in [5.74, 6) is -6.10. The van der Waals surface area contributed by atoms with Gasteiger partial charge in [-0.1, -0.05) is 12.2 Å². The van der Waals surface area contributed by atoms with E-state index in [2.05, 4.69) is 4.74 Å². The molecule has 134 valence electrons. The average Bonchev–Trinajstić information content (AvgIpc) is 2.34. The third-order valence-electron chi connectivity index (χ3n) is 3.17. The molecule has 0 saturated heterocycles. The minimum atomic E-state index is -6.33. The van der Waals surface area contributed by atoms with Crippen LogP contribution in [-0.4, -0.2) is 42.6 Å². The molecule has 0 N–H and O–H groups in total. The van der Waals surface area contributed by atoms with E-state index < -0.39 is 45.7 Å². The molecule has 0 bridgehead atoms. The molecule has 1 atom stereocenters. The van der Waals surface area contributed by atoms with E-state index in [0.29, 0.717) is 0 Å². The molecule has 5 nitrogen and oxygen atoms in total. The lowest BCUT2D eigenvalue weighted by Crippen LogP contribution is -2.63. The summed E-state index contributed by atoms with van der Waals surface area (Å²) in [5, 5.41) is 0. The molecular formula is C11H11F6O5S-. The lowest BCUT2D eigenvalue weighted by Gasteiger charge is -2.37. The highest BCUT2D eigenvalue weighted by Crippen LogP contribution is 2.47. The Balaban J connectivity index is 3.27. The zero-order valence-corrected chi connectivity index (χ0v) is 12.1. The molecule has 0 aliphatic heterocycles. The maximum absolute atomic E-state index is 12.9. The molecule has 0 saturated carbocycles. The van der Waals surface area contributed by atoms with E-state index in [9.17, 15) is 44.1 Å². The highest BCUT2D eigenvalue weighted by Gasteiger charge is 2.75. The first kappa shape index (κ1) is 19.7. The molecule has 1 rings (SSSR count). The molecule has 1 aliphatic carbocycles. The zero-order valence-electron chi connectivity index (χ0n) is 11.3. The Morgan fingerprint density at radius 1 is 1.13 bits per heavy atom. The summed E-state index contributed by atoms with van der Waals surface area (Å²) in [6.45, 7) is 0. The number of hydrogen-bond acceptors (Lipinski definition) is 5. The van der Waals surface area contributed by atoms with Gasteiger partial charge in [-0.3, -0.25) is 4.79 Å². The molecule has 0 radical (unpaired) electrons. The van der Waals surface area contributed by atoms with Crippen molar-refractivity contribution < 1.29 is 48.8 Å². The average molecular weight is 369 g/mol. The van der Waals surface area contributed by atoms with E-state index in [1.165, 1.54) is 6.08 Å². The van der Waals surface area contributed by atoms with E-state index >= 15 is 0 Å². The van der Waals surface area contributed by atoms with Crippen LogP contribution in [0.1, 0.15) is 19.3 Å². The molecule has 23 heavy (non-hydrogen) atoms. The number of alkyl halides is 6. The maximum atomic E-state index is 12.9. The summed E-state index contributed by atoms with van der Waals surface area (Å²) in [6.07, 6.45) is -9.66. The van der Waals surface area contributed by atoms with E-state index in [1.54, 1.807) is 6.08 Å². The van der Waals surface area contributed by atoms with Crippen LogP contribution >= 0.6 is 0 Å². The summed E-state index contributed by atoms with van der Waals surface area (Å²) in [7, 11) is -6.01. The minimum absolute atomic E-state index is 0.0503. The summed E-state index contributed by atoms with van der Waals surface area (Å²) in [6, 6.07) is 0. The molecule has 1 aliphatic rings. The van der Waals surface area contributed by atoms with Gasteiger partial charge >= 0.3 is 23.9 Å². The minimum Gasteiger partial charge on any atom is -0.748 e. The van der Waals surface area contributed by atoms with Gasteiger partial charge in [0.2, 0.25) is 0 Å². The van der Waals surface area contributed by atoms with Gasteiger partial charge in [0.25, 0.3) is 0 Å². The molecule has 0 aromatic rings. The topological polar surface area (TPSA) is 83.5 Å². The summed E-state index contributed by atoms with van der Waals surface area (Å²) >= 11 is 0. The first-order chi connectivity index (χ1) is 10.2. The smallest absolute Gasteiger partial charge is 0.438 e. The number of hydrogen-bond donors (Lipinski definition) is 0. The Hall–Kier alpha value is -1.30. The summed E-state index contributed by atoms with van der Waals surface area (Å²) in [4.78, 5) is 11.6. The van der Waals surface area contributed by atoms with Gasteiger partial charge in [-0.05, 0) is 19.3 Å². The lowest BCUT2D eigenvalue weighted by molar-refractivity contribution is -0.362. The van der Waals surface area contributed by atoms with Crippen LogP contribution in [0.2, 0.25) is 0 Å². The van der Waals surface area contributed by atoms with Crippen molar-refractivity contribution in [3.8, 4) is 0 Å². The van der Waals surface area contributed by atoms with Crippen LogP contribution < -0.4 is 0 Å². The van der Waals surface area contributed by atoms with Gasteiger partial charge in [0.05, 0.1) is 21.8 Å². The fourth-order valence-corrected chi connectivity index (χ4v) is 2.87. The second-order valence-corrected chi connectivity index (χ2v) is 6.33. The normalized spacial score (nSPS) is 20.4. The maximum Gasteiger partial charge on any atom is 0.438 e. The van der Waals surface area contributed by atoms with Gasteiger partial charge in [0.15, 0.2) is 0 Å². The fourth-order valence-electron chi connectivity index (χ4n) is 1.98. The van der Waals surface area contributed by atoms with E-state index in [-0.39, 0.29) is 19.3 Å². The number of ether oxygens (including phenoxy) is 1. The number of rotatable bonds is 4. The highest BCUT2D eigenvalue weighted by atomic mass is 32.2. The summed E-state index contributed by atoms with van der Waals surface area (Å²) in [5.41, 5.74) is -5.39. The van der Waals surface area contributed by atoms with Crippen molar-refractivity contribution in [2.75, 3.05) is 5.75 Å². The van der Waals surface area contributed by atoms with Gasteiger partial charge in [0.1, 0.15) is 0 Å². The fraction of sp³-hybridized carbons (Fsp3) is 0.727. The predicted molar refractivity (Wildman–Crippen MR) is 62.0 cm³/mol. The van der Waals surface area contributed by atoms with E-state index in [4.69, 9.17) is 0 Å². The summed E-state index contributed by atoms with van der Waals surface area (Å²) < 4.78 is 113. The van der Waals surface area contributed by atoms with Gasteiger partial charge in [-0.2, -0.15) is 26.3 Å². The predicted octanol–water partition coefficient (Wildman–Crippen LogP) is 2.29. The third kappa shape index (κ3) is 4.59. The van der Waals surface area contributed by atoms with Crippen LogP contribution in [0.5, 0.6) is 0 Å². The molecule has 0 heterocycles. The van der Waals surface area contributed by atoms with Crippen LogP contribution in [0.3, 0.4) is 0 Å². The first-order valence-electron chi connectivity index (χ1n) is 6.14. The standard InChI is InChI=1S/C11H12F6O5S/c12-10(13,14)9(11(15,16)17,6-23(19,20)21)22-8(18)7-4-2-1-3-5-7/h1-2,7H,3-6H2,(H,19,20,21)/p-1. The number of carbonyl (C=O) groups excluding carboxylic acids is 1. The third-order valence-corrected chi connectivity index (χ3v) is 3.93. The molecular weight excluding hydrogens is 358 g/mol. The van der Waals surface area contributed by atoms with Crippen LogP contribution in [0.25, 0.3) is 0 Å². The largest absolute Gasteiger partial charge is 0.748 e. The van der Waals surface area contributed by atoms with Crippen molar-refractivity contribution in [3.05, 3.63) is 12.2 Å². The van der Waals surface area contributed by atoms with Crippen LogP contribution in [0.4, 0.5) is 26.3 Å². The molecule has 1 unspecified atom stereocenters. The Labute approximate surface area is 127 Å². The number of carbonyl (C=O) groups is 1.